The molecule has 0 aliphatic carbocycles. The summed E-state index contributed by atoms with van der Waals surface area (Å²) in [5.41, 5.74) is 4.04. The second-order valence-corrected chi connectivity index (χ2v) is 6.80. The lowest BCUT2D eigenvalue weighted by Crippen LogP contribution is -2.29. The van der Waals surface area contributed by atoms with Gasteiger partial charge in [-0.25, -0.2) is 0 Å². The quantitative estimate of drug-likeness (QED) is 0.782. The number of aromatic hydroxyl groups is 2. The van der Waals surface area contributed by atoms with Crippen LogP contribution in [0.5, 0.6) is 11.5 Å². The first-order chi connectivity index (χ1) is 11.4. The van der Waals surface area contributed by atoms with E-state index in [9.17, 15) is 10.2 Å². The lowest BCUT2D eigenvalue weighted by molar-refractivity contribution is -0.401. The topological polar surface area (TPSA) is 43.5 Å². The number of hydrogen-bond acceptors (Lipinski definition) is 2. The average Bonchev–Trinajstić information content (AvgIpc) is 2.75. The van der Waals surface area contributed by atoms with Crippen molar-refractivity contribution in [3.05, 3.63) is 58.6 Å². The monoisotopic (exact) mass is 342 g/mol. The minimum Gasteiger partial charge on any atom is -0.508 e. The molecular weight excluding hydrogens is 322 g/mol. The third-order valence-electron chi connectivity index (χ3n) is 4.98. The summed E-state index contributed by atoms with van der Waals surface area (Å²) >= 11 is 6.21. The van der Waals surface area contributed by atoms with Crippen LogP contribution in [0, 0.1) is 0 Å². The molecule has 1 aliphatic rings. The Labute approximate surface area is 147 Å². The highest BCUT2D eigenvalue weighted by molar-refractivity contribution is 6.30. The first kappa shape index (κ1) is 16.6. The van der Waals surface area contributed by atoms with E-state index in [4.69, 9.17) is 11.6 Å². The first-order valence-electron chi connectivity index (χ1n) is 7.98. The third kappa shape index (κ3) is 2.59. The van der Waals surface area contributed by atoms with Gasteiger partial charge in [-0.15, -0.1) is 0 Å². The Bertz CT molecular complexity index is 870. The second-order valence-electron chi connectivity index (χ2n) is 6.37. The van der Waals surface area contributed by atoms with Crippen molar-refractivity contribution in [3.8, 4) is 11.5 Å². The highest BCUT2D eigenvalue weighted by Gasteiger charge is 2.45. The maximum absolute atomic E-state index is 9.98. The van der Waals surface area contributed by atoms with Crippen LogP contribution in [0.3, 0.4) is 0 Å². The van der Waals surface area contributed by atoms with Gasteiger partial charge in [-0.1, -0.05) is 18.5 Å². The minimum absolute atomic E-state index is 0.0516. The summed E-state index contributed by atoms with van der Waals surface area (Å²) in [5.74, 6) is 0.113. The van der Waals surface area contributed by atoms with E-state index in [1.807, 2.05) is 37.4 Å². The smallest absolute Gasteiger partial charge is 0.209 e. The molecule has 0 bridgehead atoms. The van der Waals surface area contributed by atoms with Gasteiger partial charge < -0.3 is 10.2 Å². The highest BCUT2D eigenvalue weighted by Crippen LogP contribution is 2.43. The zero-order chi connectivity index (χ0) is 17.5. The molecular formula is C20H21ClNO2+. The number of allylic oxidation sites excluding steroid dienone is 1. The third-order valence-corrected chi connectivity index (χ3v) is 5.22. The molecule has 0 spiro atoms. The van der Waals surface area contributed by atoms with Crippen molar-refractivity contribution in [1.82, 2.24) is 0 Å². The number of phenols is 2. The van der Waals surface area contributed by atoms with E-state index in [2.05, 4.69) is 18.4 Å². The lowest BCUT2D eigenvalue weighted by Gasteiger charge is -2.20. The van der Waals surface area contributed by atoms with Crippen molar-refractivity contribution in [1.29, 1.82) is 0 Å². The summed E-state index contributed by atoms with van der Waals surface area (Å²) in [4.78, 5) is 0. The Balaban J connectivity index is 2.07. The van der Waals surface area contributed by atoms with Gasteiger partial charge in [0.15, 0.2) is 5.71 Å². The summed E-state index contributed by atoms with van der Waals surface area (Å²) < 4.78 is 2.17. The molecule has 2 aromatic rings. The molecule has 1 aliphatic heterocycles. The van der Waals surface area contributed by atoms with Crippen LogP contribution in [0.25, 0.3) is 6.08 Å². The van der Waals surface area contributed by atoms with Crippen molar-refractivity contribution < 1.29 is 14.8 Å². The van der Waals surface area contributed by atoms with E-state index in [-0.39, 0.29) is 16.9 Å². The van der Waals surface area contributed by atoms with Gasteiger partial charge in [-0.3, -0.25) is 0 Å². The molecule has 0 fully saturated rings. The Morgan fingerprint density at radius 3 is 2.54 bits per heavy atom. The van der Waals surface area contributed by atoms with E-state index < -0.39 is 0 Å². The highest BCUT2D eigenvalue weighted by atomic mass is 35.5. The van der Waals surface area contributed by atoms with Gasteiger partial charge in [-0.2, -0.15) is 4.58 Å². The predicted octanol–water partition coefficient (Wildman–Crippen LogP) is 4.86. The summed E-state index contributed by atoms with van der Waals surface area (Å²) in [6.07, 6.45) is 4.84. The number of fused-ring (bicyclic) bond motifs is 1. The van der Waals surface area contributed by atoms with Crippen LogP contribution in [-0.2, 0) is 5.41 Å². The van der Waals surface area contributed by atoms with E-state index in [1.54, 1.807) is 12.1 Å². The van der Waals surface area contributed by atoms with Gasteiger partial charge in [0, 0.05) is 34.4 Å². The van der Waals surface area contributed by atoms with Crippen LogP contribution in [0.2, 0.25) is 5.02 Å². The number of halogens is 1. The molecule has 124 valence electrons. The number of phenolic OH excluding ortho intramolecular Hbond substituents is 2. The lowest BCUT2D eigenvalue weighted by atomic mass is 9.77. The molecule has 3 rings (SSSR count). The Kier molecular flexibility index (Phi) is 4.14. The van der Waals surface area contributed by atoms with Crippen LogP contribution < -0.4 is 0 Å². The van der Waals surface area contributed by atoms with Crippen molar-refractivity contribution >= 4 is 29.1 Å². The SMILES string of the molecule is CCC1(C)C(/C=C/c2ccc(O)cc2O)=[N+](C)c2ccc(Cl)cc21. The predicted molar refractivity (Wildman–Crippen MR) is 98.8 cm³/mol. The zero-order valence-electron chi connectivity index (χ0n) is 14.0. The largest absolute Gasteiger partial charge is 0.508 e. The van der Waals surface area contributed by atoms with Crippen molar-refractivity contribution in [2.45, 2.75) is 25.7 Å². The molecule has 0 saturated heterocycles. The van der Waals surface area contributed by atoms with Gasteiger partial charge in [0.05, 0.1) is 5.41 Å². The van der Waals surface area contributed by atoms with E-state index in [1.165, 1.54) is 11.6 Å². The standard InChI is InChI=1S/C20H20ClNO2/c1-4-20(2)16-11-14(21)7-9-17(16)22(3)19(20)10-6-13-5-8-15(23)12-18(13)24/h5-12H,4H2,1-3H3,(H,23,24)/p+1. The fourth-order valence-corrected chi connectivity index (χ4v) is 3.56. The molecule has 1 heterocycles. The van der Waals surface area contributed by atoms with Crippen molar-refractivity contribution in [2.75, 3.05) is 7.05 Å². The zero-order valence-corrected chi connectivity index (χ0v) is 14.8. The summed E-state index contributed by atoms with van der Waals surface area (Å²) in [6, 6.07) is 10.6. The minimum atomic E-state index is -0.141. The first-order valence-corrected chi connectivity index (χ1v) is 8.36. The molecule has 2 N–H and O–H groups in total. The fraction of sp³-hybridized carbons (Fsp3) is 0.250. The number of nitrogens with zero attached hydrogens (tertiary/aromatic N) is 1. The fourth-order valence-electron chi connectivity index (χ4n) is 3.39. The molecule has 24 heavy (non-hydrogen) atoms. The average molecular weight is 343 g/mol. The number of benzene rings is 2. The Morgan fingerprint density at radius 1 is 1.12 bits per heavy atom. The van der Waals surface area contributed by atoms with Crippen LogP contribution in [-0.4, -0.2) is 27.5 Å². The van der Waals surface area contributed by atoms with Crippen molar-refractivity contribution in [2.24, 2.45) is 0 Å². The molecule has 0 aromatic heterocycles. The summed E-state index contributed by atoms with van der Waals surface area (Å²) in [6.45, 7) is 4.37. The van der Waals surface area contributed by atoms with E-state index in [0.29, 0.717) is 5.56 Å². The second kappa shape index (κ2) is 5.99. The molecule has 1 atom stereocenters. The van der Waals surface area contributed by atoms with E-state index >= 15 is 0 Å². The Hall–Kier alpha value is -2.26. The van der Waals surface area contributed by atoms with Crippen molar-refractivity contribution in [3.63, 3.8) is 0 Å². The van der Waals surface area contributed by atoms with Gasteiger partial charge in [0.2, 0.25) is 5.69 Å². The normalized spacial score (nSPS) is 20.0. The van der Waals surface area contributed by atoms with Gasteiger partial charge in [0.25, 0.3) is 0 Å². The van der Waals surface area contributed by atoms with Gasteiger partial charge in [0.1, 0.15) is 18.5 Å². The maximum Gasteiger partial charge on any atom is 0.209 e. The molecule has 0 amide bonds. The van der Waals surface area contributed by atoms with Crippen LogP contribution in [0.1, 0.15) is 31.4 Å². The van der Waals surface area contributed by atoms with Gasteiger partial charge in [-0.05, 0) is 43.7 Å². The van der Waals surface area contributed by atoms with E-state index in [0.717, 1.165) is 22.8 Å². The molecule has 2 aromatic carbocycles. The maximum atomic E-state index is 9.98. The summed E-state index contributed by atoms with van der Waals surface area (Å²) in [7, 11) is 2.05. The number of rotatable bonds is 3. The Morgan fingerprint density at radius 2 is 1.88 bits per heavy atom. The molecule has 1 unspecified atom stereocenters. The molecule has 0 radical (unpaired) electrons. The van der Waals surface area contributed by atoms with Gasteiger partial charge >= 0.3 is 0 Å². The molecule has 3 nitrogen and oxygen atoms in total. The number of hydrogen-bond donors (Lipinski definition) is 2. The molecule has 0 saturated carbocycles. The van der Waals surface area contributed by atoms with Crippen LogP contribution >= 0.6 is 11.6 Å². The van der Waals surface area contributed by atoms with Crippen LogP contribution in [0.15, 0.2) is 42.5 Å². The summed E-state index contributed by atoms with van der Waals surface area (Å²) in [5, 5.41) is 20.1. The van der Waals surface area contributed by atoms with Crippen LogP contribution in [0.4, 0.5) is 5.69 Å². The molecule has 4 heteroatoms.